The molecule has 29 heavy (non-hydrogen) atoms. The molecule has 0 nitrogen and oxygen atoms in total. The molecule has 1 aliphatic carbocycles. The van der Waals surface area contributed by atoms with E-state index in [0.29, 0.717) is 0 Å². The third-order valence-electron chi connectivity index (χ3n) is 5.58. The van der Waals surface area contributed by atoms with Crippen molar-refractivity contribution in [3.05, 3.63) is 64.7 Å². The van der Waals surface area contributed by atoms with Crippen LogP contribution in [0.5, 0.6) is 0 Å². The second-order valence-electron chi connectivity index (χ2n) is 7.97. The third-order valence-corrected chi connectivity index (χ3v) is 14.5. The molecule has 1 unspecified atom stereocenters. The molecule has 0 amide bonds. The van der Waals surface area contributed by atoms with Crippen molar-refractivity contribution >= 4 is 12.0 Å². The number of aryl methyl sites for hydroxylation is 1. The van der Waals surface area contributed by atoms with E-state index in [2.05, 4.69) is 75.5 Å². The van der Waals surface area contributed by atoms with E-state index < -0.39 is 0 Å². The van der Waals surface area contributed by atoms with Crippen molar-refractivity contribution in [3.63, 3.8) is 0 Å². The van der Waals surface area contributed by atoms with Gasteiger partial charge in [-0.2, -0.15) is 0 Å². The second kappa shape index (κ2) is 13.3. The molecular formula is C25H33Cl2SiZr. The van der Waals surface area contributed by atoms with E-state index in [-0.39, 0.29) is 53.1 Å². The molecule has 1 radical (unpaired) electrons. The van der Waals surface area contributed by atoms with Gasteiger partial charge >= 0.3 is 166 Å². The first-order valence-corrected chi connectivity index (χ1v) is 18.2. The monoisotopic (exact) mass is 521 g/mol. The van der Waals surface area contributed by atoms with Crippen molar-refractivity contribution in [2.24, 2.45) is 0 Å². The van der Waals surface area contributed by atoms with Gasteiger partial charge in [-0.3, -0.25) is 0 Å². The Balaban J connectivity index is 0.00000210. The SMILES string of the molecule is CCCCCCc1ccc(-c2cccc3c2C=C(CC)[CH]3[Zr+2][Si](C)C)cc1.[Cl-].[Cl-]. The number of unbranched alkanes of at least 4 members (excludes halogenated alkanes) is 3. The summed E-state index contributed by atoms with van der Waals surface area (Å²) >= 11 is -0.338. The first-order chi connectivity index (χ1) is 13.1. The second-order valence-corrected chi connectivity index (χ2v) is 21.2. The molecule has 4 heteroatoms. The third kappa shape index (κ3) is 6.93. The fourth-order valence-electron chi connectivity index (χ4n) is 4.09. The summed E-state index contributed by atoms with van der Waals surface area (Å²) in [5, 5.41) is 0. The van der Waals surface area contributed by atoms with Gasteiger partial charge < -0.3 is 24.8 Å². The molecule has 1 atom stereocenters. The molecule has 0 fully saturated rings. The smallest absolute Gasteiger partial charge is 1.00 e. The zero-order chi connectivity index (χ0) is 19.2. The molecule has 1 aliphatic rings. The van der Waals surface area contributed by atoms with E-state index >= 15 is 0 Å². The fourth-order valence-corrected chi connectivity index (χ4v) is 13.1. The molecule has 0 saturated heterocycles. The first kappa shape index (κ1) is 26.9. The van der Waals surface area contributed by atoms with Crippen LogP contribution in [-0.2, 0) is 28.8 Å². The van der Waals surface area contributed by atoms with Crippen molar-refractivity contribution in [2.75, 3.05) is 0 Å². The fraction of sp³-hybridized carbons (Fsp3) is 0.440. The zero-order valence-corrected chi connectivity index (χ0v) is 23.2. The minimum Gasteiger partial charge on any atom is -1.00 e. The van der Waals surface area contributed by atoms with Crippen molar-refractivity contribution in [3.8, 4) is 11.1 Å². The van der Waals surface area contributed by atoms with Crippen LogP contribution in [0.2, 0.25) is 13.1 Å². The van der Waals surface area contributed by atoms with Crippen molar-refractivity contribution < 1.29 is 47.2 Å². The van der Waals surface area contributed by atoms with Gasteiger partial charge in [-0.1, -0.05) is 13.3 Å². The summed E-state index contributed by atoms with van der Waals surface area (Å²) < 4.78 is 0.829. The summed E-state index contributed by atoms with van der Waals surface area (Å²) in [6.07, 6.45) is 10.3. The van der Waals surface area contributed by atoms with E-state index in [1.165, 1.54) is 60.8 Å². The van der Waals surface area contributed by atoms with Crippen LogP contribution in [0.15, 0.2) is 48.0 Å². The van der Waals surface area contributed by atoms with E-state index in [0.717, 1.165) is 3.63 Å². The average molecular weight is 524 g/mol. The van der Waals surface area contributed by atoms with Gasteiger partial charge in [0.05, 0.1) is 0 Å². The van der Waals surface area contributed by atoms with Gasteiger partial charge in [0.25, 0.3) is 0 Å². The number of hydrogen-bond donors (Lipinski definition) is 0. The average Bonchev–Trinajstić information content (AvgIpc) is 3.03. The molecule has 0 saturated carbocycles. The van der Waals surface area contributed by atoms with Crippen LogP contribution in [-0.4, -0.2) is 5.92 Å². The van der Waals surface area contributed by atoms with Crippen molar-refractivity contribution in [1.82, 2.24) is 0 Å². The number of allylic oxidation sites excluding steroid dienone is 1. The Kier molecular flexibility index (Phi) is 12.3. The summed E-state index contributed by atoms with van der Waals surface area (Å²) in [4.78, 5) is 0. The molecule has 2 aromatic rings. The van der Waals surface area contributed by atoms with Crippen LogP contribution in [0, 0.1) is 0 Å². The standard InChI is InChI=1S/C23H27.C2H6Si.2ClH.Zr/c1-3-5-6-7-9-19-12-14-20(15-13-19)22-11-8-10-21-16-18(4-2)17-23(21)22;1-3-2;;;/h8,10-17H,3-7,9H2,1-2H3;1-2H3;2*1H;/q;;;;+2/p-2. The maximum absolute atomic E-state index is 2.54. The summed E-state index contributed by atoms with van der Waals surface area (Å²) in [6.45, 7) is 9.66. The Morgan fingerprint density at radius 3 is 2.24 bits per heavy atom. The number of hydrogen-bond acceptors (Lipinski definition) is 0. The summed E-state index contributed by atoms with van der Waals surface area (Å²) in [6, 6.07) is 16.5. The van der Waals surface area contributed by atoms with E-state index in [4.69, 9.17) is 0 Å². The number of halogens is 2. The van der Waals surface area contributed by atoms with Gasteiger partial charge in [-0.25, -0.2) is 0 Å². The quantitative estimate of drug-likeness (QED) is 0.347. The number of rotatable bonds is 9. The van der Waals surface area contributed by atoms with Gasteiger partial charge in [-0.15, -0.1) is 0 Å². The summed E-state index contributed by atoms with van der Waals surface area (Å²) in [5.41, 5.74) is 9.20. The van der Waals surface area contributed by atoms with Gasteiger partial charge in [-0.05, 0) is 0 Å². The minimum atomic E-state index is -0.338. The molecule has 0 bridgehead atoms. The molecule has 0 aromatic heterocycles. The predicted molar refractivity (Wildman–Crippen MR) is 118 cm³/mol. The molecule has 155 valence electrons. The first-order valence-electron chi connectivity index (χ1n) is 10.6. The summed E-state index contributed by atoms with van der Waals surface area (Å²) in [5.74, 6) is -0.0676. The predicted octanol–water partition coefficient (Wildman–Crippen LogP) is 1.67. The van der Waals surface area contributed by atoms with Crippen LogP contribution in [0.1, 0.15) is 66.3 Å². The van der Waals surface area contributed by atoms with Crippen LogP contribution in [0.3, 0.4) is 0 Å². The van der Waals surface area contributed by atoms with Gasteiger partial charge in [0, 0.05) is 0 Å². The molecule has 0 heterocycles. The topological polar surface area (TPSA) is 0 Å². The molecular weight excluding hydrogens is 490 g/mol. The van der Waals surface area contributed by atoms with Crippen LogP contribution in [0.4, 0.5) is 0 Å². The Morgan fingerprint density at radius 1 is 0.897 bits per heavy atom. The van der Waals surface area contributed by atoms with Crippen LogP contribution < -0.4 is 24.8 Å². The maximum atomic E-state index is 2.54. The van der Waals surface area contributed by atoms with E-state index in [1.807, 2.05) is 0 Å². The zero-order valence-electron chi connectivity index (χ0n) is 18.2. The normalized spacial score (nSPS) is 14.5. The van der Waals surface area contributed by atoms with Gasteiger partial charge in [0.2, 0.25) is 0 Å². The maximum Gasteiger partial charge on any atom is -1.00 e. The minimum absolute atomic E-state index is 0. The Labute approximate surface area is 202 Å². The Hall–Kier alpha value is -0.140. The van der Waals surface area contributed by atoms with Crippen molar-refractivity contribution in [1.29, 1.82) is 0 Å². The molecule has 0 spiro atoms. The van der Waals surface area contributed by atoms with E-state index in [9.17, 15) is 0 Å². The number of fused-ring (bicyclic) bond motifs is 1. The van der Waals surface area contributed by atoms with Crippen LogP contribution >= 0.6 is 0 Å². The van der Waals surface area contributed by atoms with Gasteiger partial charge in [0.15, 0.2) is 0 Å². The molecule has 3 rings (SSSR count). The van der Waals surface area contributed by atoms with Crippen LogP contribution in [0.25, 0.3) is 17.2 Å². The Bertz CT molecular complexity index is 784. The van der Waals surface area contributed by atoms with Crippen molar-refractivity contribution in [2.45, 2.75) is 69.1 Å². The Morgan fingerprint density at radius 2 is 1.62 bits per heavy atom. The molecule has 0 N–H and O–H groups in total. The largest absolute Gasteiger partial charge is 1.00 e. The van der Waals surface area contributed by atoms with Gasteiger partial charge in [0.1, 0.15) is 0 Å². The molecule has 0 aliphatic heterocycles. The summed E-state index contributed by atoms with van der Waals surface area (Å²) in [7, 11) is 0. The number of benzene rings is 2. The molecule has 2 aromatic carbocycles. The van der Waals surface area contributed by atoms with E-state index in [1.54, 1.807) is 11.1 Å².